The van der Waals surface area contributed by atoms with Gasteiger partial charge in [0.1, 0.15) is 12.4 Å². The van der Waals surface area contributed by atoms with Crippen LogP contribution in [0.4, 0.5) is 10.1 Å². The summed E-state index contributed by atoms with van der Waals surface area (Å²) in [6.45, 7) is 0.496. The fourth-order valence-corrected chi connectivity index (χ4v) is 2.21. The van der Waals surface area contributed by atoms with Gasteiger partial charge in [0.25, 0.3) is 11.8 Å². The van der Waals surface area contributed by atoms with E-state index >= 15 is 0 Å². The van der Waals surface area contributed by atoms with Gasteiger partial charge in [0.15, 0.2) is 6.61 Å². The van der Waals surface area contributed by atoms with E-state index in [4.69, 9.17) is 4.74 Å². The number of carbonyl (C=O) groups is 4. The Morgan fingerprint density at radius 1 is 0.931 bits per heavy atom. The molecule has 0 radical (unpaired) electrons. The van der Waals surface area contributed by atoms with E-state index < -0.39 is 42.7 Å². The van der Waals surface area contributed by atoms with Gasteiger partial charge in [-0.3, -0.25) is 19.2 Å². The lowest BCUT2D eigenvalue weighted by Gasteiger charge is -2.08. The largest absolute Gasteiger partial charge is 0.454 e. The van der Waals surface area contributed by atoms with Crippen molar-refractivity contribution in [1.82, 2.24) is 10.6 Å². The minimum absolute atomic E-state index is 0.349. The first-order chi connectivity index (χ1) is 13.8. The summed E-state index contributed by atoms with van der Waals surface area (Å²) in [7, 11) is 0. The Balaban J connectivity index is 1.64. The maximum atomic E-state index is 12.8. The van der Waals surface area contributed by atoms with Crippen LogP contribution in [0.25, 0.3) is 0 Å². The molecule has 0 spiro atoms. The van der Waals surface area contributed by atoms with Gasteiger partial charge in [0.05, 0.1) is 6.54 Å². The van der Waals surface area contributed by atoms with Gasteiger partial charge in [-0.05, 0) is 43.3 Å². The molecule has 9 heteroatoms. The van der Waals surface area contributed by atoms with Crippen molar-refractivity contribution < 1.29 is 28.3 Å². The molecule has 29 heavy (non-hydrogen) atoms. The standard InChI is InChI=1S/C20H20FN3O5/c1-13-3-2-4-14(9-13)20(28)23-11-19(27)29-12-18(26)22-10-17(25)24-16-7-5-15(21)6-8-16/h2-9H,10-12H2,1H3,(H,22,26)(H,23,28)(H,24,25). The van der Waals surface area contributed by atoms with Crippen LogP contribution in [-0.2, 0) is 19.1 Å². The highest BCUT2D eigenvalue weighted by molar-refractivity contribution is 5.96. The van der Waals surface area contributed by atoms with Gasteiger partial charge in [0, 0.05) is 11.3 Å². The molecule has 0 aliphatic heterocycles. The number of anilines is 1. The zero-order chi connectivity index (χ0) is 21.2. The summed E-state index contributed by atoms with van der Waals surface area (Å²) in [5, 5.41) is 7.14. The first-order valence-electron chi connectivity index (χ1n) is 8.66. The Morgan fingerprint density at radius 2 is 1.66 bits per heavy atom. The van der Waals surface area contributed by atoms with Crippen molar-refractivity contribution in [2.75, 3.05) is 25.0 Å². The maximum Gasteiger partial charge on any atom is 0.325 e. The average Bonchev–Trinajstić information content (AvgIpc) is 2.70. The van der Waals surface area contributed by atoms with Crippen LogP contribution in [0.3, 0.4) is 0 Å². The molecule has 0 aromatic heterocycles. The van der Waals surface area contributed by atoms with Crippen molar-refractivity contribution in [3.8, 4) is 0 Å². The third kappa shape index (κ3) is 7.79. The number of hydrogen-bond acceptors (Lipinski definition) is 5. The third-order valence-electron chi connectivity index (χ3n) is 3.61. The molecule has 2 rings (SSSR count). The molecule has 0 heterocycles. The van der Waals surface area contributed by atoms with Gasteiger partial charge < -0.3 is 20.7 Å². The van der Waals surface area contributed by atoms with Gasteiger partial charge in [-0.15, -0.1) is 0 Å². The predicted octanol–water partition coefficient (Wildman–Crippen LogP) is 1.16. The summed E-state index contributed by atoms with van der Waals surface area (Å²) in [5.74, 6) is -2.88. The number of benzene rings is 2. The Hall–Kier alpha value is -3.75. The molecule has 0 aliphatic carbocycles. The van der Waals surface area contributed by atoms with Crippen molar-refractivity contribution in [3.05, 3.63) is 65.5 Å². The highest BCUT2D eigenvalue weighted by Gasteiger charge is 2.12. The van der Waals surface area contributed by atoms with Gasteiger partial charge in [-0.2, -0.15) is 0 Å². The molecule has 0 bridgehead atoms. The summed E-state index contributed by atoms with van der Waals surface area (Å²) in [5.41, 5.74) is 1.68. The second kappa shape index (κ2) is 10.5. The lowest BCUT2D eigenvalue weighted by atomic mass is 10.1. The number of esters is 1. The Kier molecular flexibility index (Phi) is 7.84. The smallest absolute Gasteiger partial charge is 0.325 e. The molecule has 2 aromatic rings. The fourth-order valence-electron chi connectivity index (χ4n) is 2.21. The number of rotatable bonds is 8. The van der Waals surface area contributed by atoms with E-state index in [2.05, 4.69) is 16.0 Å². The average molecular weight is 401 g/mol. The molecule has 2 aromatic carbocycles. The second-order valence-electron chi connectivity index (χ2n) is 6.04. The zero-order valence-corrected chi connectivity index (χ0v) is 15.7. The van der Waals surface area contributed by atoms with E-state index in [1.807, 2.05) is 13.0 Å². The Morgan fingerprint density at radius 3 is 2.34 bits per heavy atom. The minimum atomic E-state index is -0.795. The molecule has 0 atom stereocenters. The molecule has 0 aliphatic rings. The number of ether oxygens (including phenoxy) is 1. The topological polar surface area (TPSA) is 114 Å². The number of nitrogens with one attached hydrogen (secondary N) is 3. The summed E-state index contributed by atoms with van der Waals surface area (Å²) in [6, 6.07) is 12.0. The van der Waals surface area contributed by atoms with Crippen LogP contribution in [0.2, 0.25) is 0 Å². The number of hydrogen-bond donors (Lipinski definition) is 3. The molecule has 152 valence electrons. The number of halogens is 1. The van der Waals surface area contributed by atoms with Crippen molar-refractivity contribution >= 4 is 29.4 Å². The summed E-state index contributed by atoms with van der Waals surface area (Å²) < 4.78 is 17.5. The van der Waals surface area contributed by atoms with E-state index in [0.29, 0.717) is 11.3 Å². The number of amides is 3. The molecule has 3 N–H and O–H groups in total. The molecule has 0 unspecified atom stereocenters. The van der Waals surface area contributed by atoms with Crippen LogP contribution in [0.15, 0.2) is 48.5 Å². The quantitative estimate of drug-likeness (QED) is 0.575. The summed E-state index contributed by atoms with van der Waals surface area (Å²) >= 11 is 0. The highest BCUT2D eigenvalue weighted by Crippen LogP contribution is 2.07. The van der Waals surface area contributed by atoms with Crippen LogP contribution in [0, 0.1) is 12.7 Å². The molecule has 0 fully saturated rings. The third-order valence-corrected chi connectivity index (χ3v) is 3.61. The molecule has 3 amide bonds. The summed E-state index contributed by atoms with van der Waals surface area (Å²) in [6.07, 6.45) is 0. The van der Waals surface area contributed by atoms with Crippen molar-refractivity contribution in [3.63, 3.8) is 0 Å². The van der Waals surface area contributed by atoms with Crippen LogP contribution in [0.5, 0.6) is 0 Å². The van der Waals surface area contributed by atoms with Gasteiger partial charge in [0.2, 0.25) is 5.91 Å². The van der Waals surface area contributed by atoms with Gasteiger partial charge in [-0.25, -0.2) is 4.39 Å². The molecular weight excluding hydrogens is 381 g/mol. The van der Waals surface area contributed by atoms with Gasteiger partial charge >= 0.3 is 5.97 Å². The number of aryl methyl sites for hydroxylation is 1. The van der Waals surface area contributed by atoms with Crippen LogP contribution < -0.4 is 16.0 Å². The minimum Gasteiger partial charge on any atom is -0.454 e. The Labute approximate surface area is 166 Å². The fraction of sp³-hybridized carbons (Fsp3) is 0.200. The van der Waals surface area contributed by atoms with E-state index in [-0.39, 0.29) is 6.54 Å². The maximum absolute atomic E-state index is 12.8. The van der Waals surface area contributed by atoms with Crippen molar-refractivity contribution in [2.45, 2.75) is 6.92 Å². The van der Waals surface area contributed by atoms with Crippen LogP contribution in [0.1, 0.15) is 15.9 Å². The van der Waals surface area contributed by atoms with Crippen molar-refractivity contribution in [1.29, 1.82) is 0 Å². The van der Waals surface area contributed by atoms with Crippen molar-refractivity contribution in [2.24, 2.45) is 0 Å². The van der Waals surface area contributed by atoms with E-state index in [0.717, 1.165) is 5.56 Å². The first-order valence-corrected chi connectivity index (χ1v) is 8.66. The van der Waals surface area contributed by atoms with E-state index in [9.17, 15) is 23.6 Å². The van der Waals surface area contributed by atoms with Crippen LogP contribution in [-0.4, -0.2) is 43.4 Å². The van der Waals surface area contributed by atoms with Crippen LogP contribution >= 0.6 is 0 Å². The predicted molar refractivity (Wildman–Crippen MR) is 103 cm³/mol. The highest BCUT2D eigenvalue weighted by atomic mass is 19.1. The summed E-state index contributed by atoms with van der Waals surface area (Å²) in [4.78, 5) is 46.9. The number of carbonyl (C=O) groups excluding carboxylic acids is 4. The first kappa shape index (κ1) is 21.5. The lowest BCUT2D eigenvalue weighted by Crippen LogP contribution is -2.37. The molecule has 0 saturated carbocycles. The van der Waals surface area contributed by atoms with Gasteiger partial charge in [-0.1, -0.05) is 17.7 Å². The zero-order valence-electron chi connectivity index (χ0n) is 15.7. The lowest BCUT2D eigenvalue weighted by molar-refractivity contribution is -0.147. The molecular formula is C20H20FN3O5. The Bertz CT molecular complexity index is 899. The van der Waals surface area contributed by atoms with E-state index in [1.54, 1.807) is 18.2 Å². The molecule has 8 nitrogen and oxygen atoms in total. The SMILES string of the molecule is Cc1cccc(C(=O)NCC(=O)OCC(=O)NCC(=O)Nc2ccc(F)cc2)c1. The molecule has 0 saturated heterocycles. The normalized spacial score (nSPS) is 10.0. The monoisotopic (exact) mass is 401 g/mol. The van der Waals surface area contributed by atoms with E-state index in [1.165, 1.54) is 24.3 Å². The second-order valence-corrected chi connectivity index (χ2v) is 6.04.